The quantitative estimate of drug-likeness (QED) is 0.759. The Kier molecular flexibility index (Phi) is 5.75. The largest absolute Gasteiger partial charge is 0.487 e. The Morgan fingerprint density at radius 2 is 1.95 bits per heavy atom. The first-order valence-corrected chi connectivity index (χ1v) is 7.46. The monoisotopic (exact) mass is 289 g/mol. The van der Waals surface area contributed by atoms with Gasteiger partial charge in [-0.05, 0) is 25.5 Å². The maximum absolute atomic E-state index is 9.37. The first-order valence-electron chi connectivity index (χ1n) is 7.46. The number of aliphatic hydroxyl groups excluding tert-OH is 1. The van der Waals surface area contributed by atoms with Gasteiger partial charge in [0.1, 0.15) is 23.7 Å². The van der Waals surface area contributed by atoms with E-state index in [1.165, 1.54) is 5.56 Å². The molecule has 0 spiro atoms. The molecular weight excluding hydrogens is 266 g/mol. The molecule has 0 aliphatic carbocycles. The normalized spacial score (nSPS) is 10.8. The molecule has 1 N–H and O–H groups in total. The first kappa shape index (κ1) is 15.5. The van der Waals surface area contributed by atoms with Gasteiger partial charge in [0.25, 0.3) is 0 Å². The van der Waals surface area contributed by atoms with Gasteiger partial charge in [0.05, 0.1) is 6.61 Å². The van der Waals surface area contributed by atoms with Crippen molar-refractivity contribution in [3.63, 3.8) is 0 Å². The predicted octanol–water partition coefficient (Wildman–Crippen LogP) is 2.85. The molecule has 1 aromatic heterocycles. The molecule has 0 saturated carbocycles. The molecule has 0 amide bonds. The van der Waals surface area contributed by atoms with E-state index in [4.69, 9.17) is 4.74 Å². The van der Waals surface area contributed by atoms with Crippen LogP contribution in [-0.2, 0) is 19.8 Å². The lowest BCUT2D eigenvalue weighted by molar-refractivity contribution is 0.261. The van der Waals surface area contributed by atoms with Gasteiger partial charge < -0.3 is 9.84 Å². The average molecular weight is 289 g/mol. The number of hydrogen-bond acceptors (Lipinski definition) is 4. The van der Waals surface area contributed by atoms with E-state index in [1.54, 1.807) is 0 Å². The van der Waals surface area contributed by atoms with Gasteiger partial charge >= 0.3 is 0 Å². The number of ether oxygens (including phenoxy) is 1. The van der Waals surface area contributed by atoms with Crippen LogP contribution in [-0.4, -0.2) is 20.1 Å². The molecule has 0 unspecified atom stereocenters. The minimum Gasteiger partial charge on any atom is -0.487 e. The summed E-state index contributed by atoms with van der Waals surface area (Å²) in [5.41, 5.74) is 2.65. The van der Waals surface area contributed by atoms with E-state index in [0.717, 1.165) is 37.3 Å². The van der Waals surface area contributed by atoms with Crippen LogP contribution < -0.4 is 4.74 Å². The Hall–Kier alpha value is -1.88. The number of rotatable bonds is 8. The molecule has 0 aliphatic heterocycles. The molecule has 0 bridgehead atoms. The number of aryl methyl sites for hydroxylation is 2. The molecule has 5 heteroatoms. The zero-order chi connectivity index (χ0) is 15.1. The number of benzene rings is 1. The van der Waals surface area contributed by atoms with E-state index in [1.807, 2.05) is 35.9 Å². The molecule has 0 saturated heterocycles. The van der Waals surface area contributed by atoms with Crippen LogP contribution in [0.2, 0.25) is 0 Å². The van der Waals surface area contributed by atoms with Crippen LogP contribution >= 0.6 is 0 Å². The van der Waals surface area contributed by atoms with E-state index in [0.29, 0.717) is 12.3 Å². The lowest BCUT2D eigenvalue weighted by atomic mass is 10.2. The maximum atomic E-state index is 9.37. The van der Waals surface area contributed by atoms with E-state index in [2.05, 4.69) is 17.2 Å². The number of aromatic nitrogens is 3. The summed E-state index contributed by atoms with van der Waals surface area (Å²) in [6.45, 7) is 5.29. The molecule has 2 aromatic rings. The Morgan fingerprint density at radius 3 is 2.62 bits per heavy atom. The Morgan fingerprint density at radius 1 is 1.19 bits per heavy atom. The van der Waals surface area contributed by atoms with Crippen molar-refractivity contribution in [1.82, 2.24) is 15.0 Å². The molecule has 1 heterocycles. The molecule has 21 heavy (non-hydrogen) atoms. The highest BCUT2D eigenvalue weighted by atomic mass is 16.5. The Balaban J connectivity index is 2.02. The van der Waals surface area contributed by atoms with E-state index >= 15 is 0 Å². The van der Waals surface area contributed by atoms with Crippen molar-refractivity contribution < 1.29 is 9.84 Å². The van der Waals surface area contributed by atoms with E-state index in [9.17, 15) is 5.11 Å². The summed E-state index contributed by atoms with van der Waals surface area (Å²) in [4.78, 5) is 0. The first-order chi connectivity index (χ1) is 10.2. The molecule has 1 aromatic carbocycles. The van der Waals surface area contributed by atoms with Crippen molar-refractivity contribution in [2.75, 3.05) is 0 Å². The van der Waals surface area contributed by atoms with Crippen LogP contribution in [0, 0.1) is 6.92 Å². The summed E-state index contributed by atoms with van der Waals surface area (Å²) in [5.74, 6) is 0.811. The molecule has 114 valence electrons. The Bertz CT molecular complexity index is 549. The molecule has 0 fully saturated rings. The second-order valence-corrected chi connectivity index (χ2v) is 5.17. The van der Waals surface area contributed by atoms with Crippen LogP contribution in [0.5, 0.6) is 5.75 Å². The summed E-state index contributed by atoms with van der Waals surface area (Å²) < 4.78 is 7.63. The zero-order valence-corrected chi connectivity index (χ0v) is 12.7. The van der Waals surface area contributed by atoms with Gasteiger partial charge in [0, 0.05) is 6.54 Å². The fraction of sp³-hybridized carbons (Fsp3) is 0.500. The van der Waals surface area contributed by atoms with Gasteiger partial charge in [-0.15, -0.1) is 5.10 Å². The minimum atomic E-state index is -0.111. The molecule has 2 rings (SSSR count). The summed E-state index contributed by atoms with van der Waals surface area (Å²) in [7, 11) is 0. The highest BCUT2D eigenvalue weighted by Crippen LogP contribution is 2.15. The summed E-state index contributed by atoms with van der Waals surface area (Å²) in [6, 6.07) is 7.91. The standard InChI is InChI=1S/C16H23N3O2/c1-3-4-5-10-19-16(15(11-20)17-18-19)12-21-14-8-6-13(2)7-9-14/h6-9,20H,3-5,10-12H2,1-2H3. The van der Waals surface area contributed by atoms with Crippen LogP contribution in [0.15, 0.2) is 24.3 Å². The molecule has 5 nitrogen and oxygen atoms in total. The van der Waals surface area contributed by atoms with Crippen LogP contribution in [0.25, 0.3) is 0 Å². The van der Waals surface area contributed by atoms with Crippen LogP contribution in [0.3, 0.4) is 0 Å². The SMILES string of the molecule is CCCCCn1nnc(CO)c1COc1ccc(C)cc1. The van der Waals surface area contributed by atoms with Crippen molar-refractivity contribution in [3.05, 3.63) is 41.2 Å². The third kappa shape index (κ3) is 4.29. The fourth-order valence-corrected chi connectivity index (χ4v) is 2.13. The van der Waals surface area contributed by atoms with Crippen molar-refractivity contribution >= 4 is 0 Å². The zero-order valence-electron chi connectivity index (χ0n) is 12.7. The van der Waals surface area contributed by atoms with Gasteiger partial charge in [-0.1, -0.05) is 42.7 Å². The second-order valence-electron chi connectivity index (χ2n) is 5.17. The van der Waals surface area contributed by atoms with Gasteiger partial charge in [-0.3, -0.25) is 0 Å². The van der Waals surface area contributed by atoms with Crippen molar-refractivity contribution in [1.29, 1.82) is 0 Å². The third-order valence-corrected chi connectivity index (χ3v) is 3.44. The highest BCUT2D eigenvalue weighted by Gasteiger charge is 2.12. The topological polar surface area (TPSA) is 60.2 Å². The van der Waals surface area contributed by atoms with Crippen molar-refractivity contribution in [3.8, 4) is 5.75 Å². The fourth-order valence-electron chi connectivity index (χ4n) is 2.13. The van der Waals surface area contributed by atoms with Crippen molar-refractivity contribution in [2.45, 2.75) is 52.9 Å². The number of nitrogens with zero attached hydrogens (tertiary/aromatic N) is 3. The second kappa shape index (κ2) is 7.78. The summed E-state index contributed by atoms with van der Waals surface area (Å²) in [5, 5.41) is 17.5. The van der Waals surface area contributed by atoms with Gasteiger partial charge in [-0.25, -0.2) is 4.68 Å². The lowest BCUT2D eigenvalue weighted by Gasteiger charge is -2.09. The third-order valence-electron chi connectivity index (χ3n) is 3.44. The lowest BCUT2D eigenvalue weighted by Crippen LogP contribution is -2.09. The van der Waals surface area contributed by atoms with Gasteiger partial charge in [0.2, 0.25) is 0 Å². The van der Waals surface area contributed by atoms with Gasteiger partial charge in [-0.2, -0.15) is 0 Å². The average Bonchev–Trinajstić information content (AvgIpc) is 2.89. The number of aliphatic hydroxyl groups is 1. The predicted molar refractivity (Wildman–Crippen MR) is 81.0 cm³/mol. The van der Waals surface area contributed by atoms with E-state index in [-0.39, 0.29) is 6.61 Å². The Labute approximate surface area is 125 Å². The highest BCUT2D eigenvalue weighted by molar-refractivity contribution is 5.26. The van der Waals surface area contributed by atoms with Crippen molar-refractivity contribution in [2.24, 2.45) is 0 Å². The smallest absolute Gasteiger partial charge is 0.132 e. The molecule has 0 radical (unpaired) electrons. The van der Waals surface area contributed by atoms with E-state index < -0.39 is 0 Å². The van der Waals surface area contributed by atoms with Gasteiger partial charge in [0.15, 0.2) is 0 Å². The maximum Gasteiger partial charge on any atom is 0.132 e. The molecular formula is C16H23N3O2. The molecule has 0 aliphatic rings. The summed E-state index contributed by atoms with van der Waals surface area (Å²) >= 11 is 0. The molecule has 0 atom stereocenters. The van der Waals surface area contributed by atoms with Crippen LogP contribution in [0.4, 0.5) is 0 Å². The number of unbranched alkanes of at least 4 members (excludes halogenated alkanes) is 2. The minimum absolute atomic E-state index is 0.111. The van der Waals surface area contributed by atoms with Crippen LogP contribution in [0.1, 0.15) is 43.1 Å². The number of hydrogen-bond donors (Lipinski definition) is 1. The summed E-state index contributed by atoms with van der Waals surface area (Å²) in [6.07, 6.45) is 3.38.